The van der Waals surface area contributed by atoms with Gasteiger partial charge < -0.3 is 10.5 Å². The van der Waals surface area contributed by atoms with Gasteiger partial charge >= 0.3 is 0 Å². The summed E-state index contributed by atoms with van der Waals surface area (Å²) in [5, 5.41) is -0.362. The molecule has 1 atom stereocenters. The Morgan fingerprint density at radius 2 is 2.12 bits per heavy atom. The number of hydrogen-bond acceptors (Lipinski definition) is 5. The third kappa shape index (κ3) is 3.73. The Hall–Kier alpha value is -1.24. The second kappa shape index (κ2) is 6.37. The first-order valence-electron chi connectivity index (χ1n) is 4.69. The SMILES string of the molecule is COCC(Sc1ccc(N)cc1)C(=O)NN. The summed E-state index contributed by atoms with van der Waals surface area (Å²) < 4.78 is 4.96. The zero-order valence-corrected chi connectivity index (χ0v) is 9.79. The highest BCUT2D eigenvalue weighted by molar-refractivity contribution is 8.00. The van der Waals surface area contributed by atoms with Crippen molar-refractivity contribution < 1.29 is 9.53 Å². The van der Waals surface area contributed by atoms with Crippen molar-refractivity contribution in [1.82, 2.24) is 5.43 Å². The summed E-state index contributed by atoms with van der Waals surface area (Å²) >= 11 is 1.38. The fourth-order valence-corrected chi connectivity index (χ4v) is 2.12. The molecule has 88 valence electrons. The van der Waals surface area contributed by atoms with Gasteiger partial charge in [-0.3, -0.25) is 10.2 Å². The zero-order valence-electron chi connectivity index (χ0n) is 8.97. The Morgan fingerprint density at radius 1 is 1.50 bits per heavy atom. The lowest BCUT2D eigenvalue weighted by Crippen LogP contribution is -2.39. The molecule has 0 saturated carbocycles. The largest absolute Gasteiger partial charge is 0.399 e. The Labute approximate surface area is 98.5 Å². The van der Waals surface area contributed by atoms with Gasteiger partial charge in [-0.15, -0.1) is 11.8 Å². The highest BCUT2D eigenvalue weighted by Crippen LogP contribution is 2.24. The number of carbonyl (C=O) groups excluding carboxylic acids is 1. The summed E-state index contributed by atoms with van der Waals surface area (Å²) in [6.07, 6.45) is 0. The molecule has 1 unspecified atom stereocenters. The van der Waals surface area contributed by atoms with Crippen LogP contribution in [0.1, 0.15) is 0 Å². The predicted molar refractivity (Wildman–Crippen MR) is 64.7 cm³/mol. The van der Waals surface area contributed by atoms with Crippen LogP contribution in [0.25, 0.3) is 0 Å². The first-order chi connectivity index (χ1) is 7.67. The second-order valence-electron chi connectivity index (χ2n) is 3.14. The Morgan fingerprint density at radius 3 is 2.62 bits per heavy atom. The van der Waals surface area contributed by atoms with Gasteiger partial charge in [-0.1, -0.05) is 0 Å². The molecule has 0 radical (unpaired) electrons. The number of anilines is 1. The second-order valence-corrected chi connectivity index (χ2v) is 4.42. The molecule has 16 heavy (non-hydrogen) atoms. The lowest BCUT2D eigenvalue weighted by atomic mass is 10.3. The summed E-state index contributed by atoms with van der Waals surface area (Å²) in [7, 11) is 1.54. The van der Waals surface area contributed by atoms with Crippen molar-refractivity contribution in [2.24, 2.45) is 5.84 Å². The maximum absolute atomic E-state index is 11.4. The average molecular weight is 241 g/mol. The van der Waals surface area contributed by atoms with Crippen molar-refractivity contribution in [3.05, 3.63) is 24.3 Å². The fraction of sp³-hybridized carbons (Fsp3) is 0.300. The number of nitrogens with two attached hydrogens (primary N) is 2. The number of carbonyl (C=O) groups is 1. The van der Waals surface area contributed by atoms with Crippen LogP contribution in [-0.2, 0) is 9.53 Å². The van der Waals surface area contributed by atoms with Crippen LogP contribution in [0.4, 0.5) is 5.69 Å². The number of hydrazine groups is 1. The van der Waals surface area contributed by atoms with Crippen molar-refractivity contribution in [2.45, 2.75) is 10.1 Å². The van der Waals surface area contributed by atoms with Gasteiger partial charge in [-0.2, -0.15) is 0 Å². The van der Waals surface area contributed by atoms with E-state index in [2.05, 4.69) is 5.43 Å². The van der Waals surface area contributed by atoms with E-state index in [1.54, 1.807) is 19.2 Å². The van der Waals surface area contributed by atoms with Crippen molar-refractivity contribution in [2.75, 3.05) is 19.5 Å². The van der Waals surface area contributed by atoms with Gasteiger partial charge in [0, 0.05) is 17.7 Å². The molecular weight excluding hydrogens is 226 g/mol. The average Bonchev–Trinajstić information content (AvgIpc) is 2.30. The lowest BCUT2D eigenvalue weighted by Gasteiger charge is -2.13. The topological polar surface area (TPSA) is 90.4 Å². The first-order valence-corrected chi connectivity index (χ1v) is 5.57. The van der Waals surface area contributed by atoms with Crippen LogP contribution >= 0.6 is 11.8 Å². The van der Waals surface area contributed by atoms with Crippen LogP contribution in [-0.4, -0.2) is 24.9 Å². The Bertz CT molecular complexity index is 342. The number of ether oxygens (including phenoxy) is 1. The van der Waals surface area contributed by atoms with E-state index in [0.29, 0.717) is 12.3 Å². The quantitative estimate of drug-likeness (QED) is 0.228. The molecule has 0 aromatic heterocycles. The third-order valence-electron chi connectivity index (χ3n) is 1.91. The van der Waals surface area contributed by atoms with Gasteiger partial charge in [0.2, 0.25) is 5.91 Å². The normalized spacial score (nSPS) is 12.1. The molecule has 0 aliphatic heterocycles. The molecule has 0 bridgehead atoms. The summed E-state index contributed by atoms with van der Waals surface area (Å²) in [4.78, 5) is 12.4. The highest BCUT2D eigenvalue weighted by atomic mass is 32.2. The molecule has 1 rings (SSSR count). The molecule has 1 amide bonds. The standard InChI is InChI=1S/C10H15N3O2S/c1-15-6-9(10(14)13-12)16-8-4-2-7(11)3-5-8/h2-5,9H,6,11-12H2,1H3,(H,13,14). The van der Waals surface area contributed by atoms with Crippen LogP contribution in [0, 0.1) is 0 Å². The summed E-state index contributed by atoms with van der Waals surface area (Å²) in [6, 6.07) is 7.28. The van der Waals surface area contributed by atoms with Gasteiger partial charge in [0.15, 0.2) is 0 Å². The maximum Gasteiger partial charge on any atom is 0.249 e. The van der Waals surface area contributed by atoms with Gasteiger partial charge in [0.1, 0.15) is 5.25 Å². The minimum Gasteiger partial charge on any atom is -0.399 e. The summed E-state index contributed by atoms with van der Waals surface area (Å²) in [5.74, 6) is 4.83. The molecular formula is C10H15N3O2S. The van der Waals surface area contributed by atoms with Crippen LogP contribution < -0.4 is 17.0 Å². The van der Waals surface area contributed by atoms with E-state index in [-0.39, 0.29) is 11.2 Å². The van der Waals surface area contributed by atoms with Gasteiger partial charge in [0.25, 0.3) is 0 Å². The van der Waals surface area contributed by atoms with Gasteiger partial charge in [0.05, 0.1) is 6.61 Å². The molecule has 1 aromatic rings. The van der Waals surface area contributed by atoms with Crippen LogP contribution in [0.2, 0.25) is 0 Å². The summed E-state index contributed by atoms with van der Waals surface area (Å²) in [6.45, 7) is 0.304. The van der Waals surface area contributed by atoms with E-state index in [0.717, 1.165) is 4.90 Å². The minimum absolute atomic E-state index is 0.260. The number of hydrogen-bond donors (Lipinski definition) is 3. The molecule has 0 aliphatic rings. The number of nitrogen functional groups attached to an aromatic ring is 1. The van der Waals surface area contributed by atoms with Crippen molar-refractivity contribution in [3.8, 4) is 0 Å². The molecule has 5 N–H and O–H groups in total. The van der Waals surface area contributed by atoms with Crippen molar-refractivity contribution >= 4 is 23.4 Å². The number of nitrogens with one attached hydrogen (secondary N) is 1. The Balaban J connectivity index is 2.67. The van der Waals surface area contributed by atoms with Gasteiger partial charge in [-0.25, -0.2) is 5.84 Å². The van der Waals surface area contributed by atoms with Crippen LogP contribution in [0.15, 0.2) is 29.2 Å². The third-order valence-corrected chi connectivity index (χ3v) is 3.09. The molecule has 0 heterocycles. The van der Waals surface area contributed by atoms with Crippen LogP contribution in [0.3, 0.4) is 0 Å². The number of methoxy groups -OCH3 is 1. The minimum atomic E-state index is -0.362. The summed E-state index contributed by atoms with van der Waals surface area (Å²) in [5.41, 5.74) is 8.38. The highest BCUT2D eigenvalue weighted by Gasteiger charge is 2.18. The fourth-order valence-electron chi connectivity index (χ4n) is 1.12. The van der Waals surface area contributed by atoms with E-state index in [1.807, 2.05) is 12.1 Å². The predicted octanol–water partition coefficient (Wildman–Crippen LogP) is 0.366. The molecule has 6 heteroatoms. The van der Waals surface area contributed by atoms with E-state index in [9.17, 15) is 4.79 Å². The molecule has 0 fully saturated rings. The monoisotopic (exact) mass is 241 g/mol. The zero-order chi connectivity index (χ0) is 12.0. The van der Waals surface area contributed by atoms with E-state index in [4.69, 9.17) is 16.3 Å². The van der Waals surface area contributed by atoms with E-state index >= 15 is 0 Å². The lowest BCUT2D eigenvalue weighted by molar-refractivity contribution is -0.121. The molecule has 0 aliphatic carbocycles. The maximum atomic E-state index is 11.4. The first kappa shape index (κ1) is 12.8. The molecule has 5 nitrogen and oxygen atoms in total. The molecule has 1 aromatic carbocycles. The van der Waals surface area contributed by atoms with E-state index in [1.165, 1.54) is 11.8 Å². The molecule has 0 spiro atoms. The smallest absolute Gasteiger partial charge is 0.249 e. The van der Waals surface area contributed by atoms with Gasteiger partial charge in [-0.05, 0) is 24.3 Å². The van der Waals surface area contributed by atoms with Crippen LogP contribution in [0.5, 0.6) is 0 Å². The van der Waals surface area contributed by atoms with Crippen molar-refractivity contribution in [1.29, 1.82) is 0 Å². The number of rotatable bonds is 5. The molecule has 0 saturated heterocycles. The number of thioether (sulfide) groups is 1. The van der Waals surface area contributed by atoms with E-state index < -0.39 is 0 Å². The number of benzene rings is 1. The Kier molecular flexibility index (Phi) is 5.10. The van der Waals surface area contributed by atoms with Crippen molar-refractivity contribution in [3.63, 3.8) is 0 Å². The number of amides is 1.